The zero-order valence-corrected chi connectivity index (χ0v) is 9.00. The highest BCUT2D eigenvalue weighted by Crippen LogP contribution is 2.20. The van der Waals surface area contributed by atoms with Gasteiger partial charge in [0.2, 0.25) is 0 Å². The van der Waals surface area contributed by atoms with Crippen LogP contribution in [0.15, 0.2) is 0 Å². The second-order valence-electron chi connectivity index (χ2n) is 3.74. The van der Waals surface area contributed by atoms with Crippen LogP contribution in [0.1, 0.15) is 6.42 Å². The van der Waals surface area contributed by atoms with Gasteiger partial charge in [-0.3, -0.25) is 0 Å². The van der Waals surface area contributed by atoms with Crippen molar-refractivity contribution >= 4 is 18.7 Å². The van der Waals surface area contributed by atoms with Gasteiger partial charge in [0.05, 0.1) is 0 Å². The minimum Gasteiger partial charge on any atom is -0.448 e. The number of piperidine rings is 1. The van der Waals surface area contributed by atoms with E-state index in [4.69, 9.17) is 10.5 Å². The molecule has 0 spiro atoms. The zero-order chi connectivity index (χ0) is 12.0. The molecular formula is C10H16N2O4. The predicted molar refractivity (Wildman–Crippen MR) is 55.7 cm³/mol. The standard InChI is InChI=1S/C10H16N2O4/c11-2-4-16-10(15)12-3-1-8(6-13)9(5-12)7-14/h6-9H,1-5,11H2. The first kappa shape index (κ1) is 12.6. The Kier molecular flexibility index (Phi) is 4.91. The molecule has 0 aromatic heterocycles. The highest BCUT2D eigenvalue weighted by Gasteiger charge is 2.31. The van der Waals surface area contributed by atoms with Gasteiger partial charge in [-0.1, -0.05) is 0 Å². The van der Waals surface area contributed by atoms with E-state index in [2.05, 4.69) is 0 Å². The fraction of sp³-hybridized carbons (Fsp3) is 0.700. The SMILES string of the molecule is NCCOC(=O)N1CCC(C=O)C(C=O)C1. The van der Waals surface area contributed by atoms with Crippen molar-refractivity contribution < 1.29 is 19.1 Å². The number of hydrogen-bond donors (Lipinski definition) is 1. The summed E-state index contributed by atoms with van der Waals surface area (Å²) in [6, 6.07) is 0. The molecule has 0 aliphatic carbocycles. The van der Waals surface area contributed by atoms with Gasteiger partial charge in [-0.25, -0.2) is 4.79 Å². The maximum Gasteiger partial charge on any atom is 0.409 e. The van der Waals surface area contributed by atoms with Crippen LogP contribution in [0, 0.1) is 11.8 Å². The molecule has 2 N–H and O–H groups in total. The van der Waals surface area contributed by atoms with E-state index in [0.29, 0.717) is 13.0 Å². The molecule has 2 unspecified atom stereocenters. The number of amides is 1. The van der Waals surface area contributed by atoms with Crippen molar-refractivity contribution in [2.24, 2.45) is 17.6 Å². The maximum atomic E-state index is 11.5. The minimum atomic E-state index is -0.471. The van der Waals surface area contributed by atoms with Crippen LogP contribution < -0.4 is 5.73 Å². The molecule has 90 valence electrons. The lowest BCUT2D eigenvalue weighted by atomic mass is 9.88. The van der Waals surface area contributed by atoms with Crippen LogP contribution in [0.3, 0.4) is 0 Å². The van der Waals surface area contributed by atoms with Gasteiger partial charge in [0, 0.05) is 31.5 Å². The Morgan fingerprint density at radius 1 is 1.38 bits per heavy atom. The summed E-state index contributed by atoms with van der Waals surface area (Å²) in [5, 5.41) is 0. The lowest BCUT2D eigenvalue weighted by Gasteiger charge is -2.32. The molecule has 0 aromatic rings. The Morgan fingerprint density at radius 2 is 2.06 bits per heavy atom. The topological polar surface area (TPSA) is 89.7 Å². The lowest BCUT2D eigenvalue weighted by molar-refractivity contribution is -0.121. The number of likely N-dealkylation sites (tertiary alicyclic amines) is 1. The molecule has 0 bridgehead atoms. The Labute approximate surface area is 93.7 Å². The monoisotopic (exact) mass is 228 g/mol. The molecule has 1 saturated heterocycles. The number of aldehydes is 2. The van der Waals surface area contributed by atoms with Crippen LogP contribution in [0.2, 0.25) is 0 Å². The van der Waals surface area contributed by atoms with Crippen molar-refractivity contribution in [2.75, 3.05) is 26.2 Å². The summed E-state index contributed by atoms with van der Waals surface area (Å²) >= 11 is 0. The molecule has 1 rings (SSSR count). The maximum absolute atomic E-state index is 11.5. The fourth-order valence-corrected chi connectivity index (χ4v) is 1.72. The van der Waals surface area contributed by atoms with E-state index in [-0.39, 0.29) is 25.6 Å². The summed E-state index contributed by atoms with van der Waals surface area (Å²) in [4.78, 5) is 34.3. The number of carbonyl (C=O) groups excluding carboxylic acids is 3. The first-order valence-electron chi connectivity index (χ1n) is 5.25. The van der Waals surface area contributed by atoms with Crippen LogP contribution in [-0.2, 0) is 14.3 Å². The molecule has 2 atom stereocenters. The molecule has 6 nitrogen and oxygen atoms in total. The van der Waals surface area contributed by atoms with E-state index in [1.165, 1.54) is 4.90 Å². The molecular weight excluding hydrogens is 212 g/mol. The molecule has 16 heavy (non-hydrogen) atoms. The molecule has 0 radical (unpaired) electrons. The summed E-state index contributed by atoms with van der Waals surface area (Å²) in [5.74, 6) is -0.701. The van der Waals surface area contributed by atoms with E-state index in [9.17, 15) is 14.4 Å². The van der Waals surface area contributed by atoms with Crippen molar-refractivity contribution in [1.29, 1.82) is 0 Å². The van der Waals surface area contributed by atoms with Gasteiger partial charge in [0.25, 0.3) is 0 Å². The number of nitrogens with two attached hydrogens (primary N) is 1. The third-order valence-electron chi connectivity index (χ3n) is 2.66. The van der Waals surface area contributed by atoms with Crippen LogP contribution >= 0.6 is 0 Å². The fourth-order valence-electron chi connectivity index (χ4n) is 1.72. The second kappa shape index (κ2) is 6.22. The summed E-state index contributed by atoms with van der Waals surface area (Å²) in [5.41, 5.74) is 5.21. The lowest BCUT2D eigenvalue weighted by Crippen LogP contribution is -2.45. The number of nitrogens with zero attached hydrogens (tertiary/aromatic N) is 1. The Bertz CT molecular complexity index is 270. The highest BCUT2D eigenvalue weighted by molar-refractivity contribution is 5.71. The van der Waals surface area contributed by atoms with Gasteiger partial charge in [-0.15, -0.1) is 0 Å². The Hall–Kier alpha value is -1.43. The van der Waals surface area contributed by atoms with E-state index in [1.54, 1.807) is 0 Å². The van der Waals surface area contributed by atoms with Crippen LogP contribution in [0.25, 0.3) is 0 Å². The van der Waals surface area contributed by atoms with Gasteiger partial charge in [0.15, 0.2) is 0 Å². The van der Waals surface area contributed by atoms with Crippen molar-refractivity contribution in [3.05, 3.63) is 0 Å². The highest BCUT2D eigenvalue weighted by atomic mass is 16.6. The summed E-state index contributed by atoms with van der Waals surface area (Å²) < 4.78 is 4.85. The van der Waals surface area contributed by atoms with Gasteiger partial charge in [-0.05, 0) is 6.42 Å². The molecule has 1 aliphatic heterocycles. The van der Waals surface area contributed by atoms with Gasteiger partial charge >= 0.3 is 6.09 Å². The van der Waals surface area contributed by atoms with Crippen LogP contribution in [0.4, 0.5) is 4.79 Å². The average Bonchev–Trinajstić information content (AvgIpc) is 2.34. The smallest absolute Gasteiger partial charge is 0.409 e. The molecule has 1 aliphatic rings. The van der Waals surface area contributed by atoms with Gasteiger partial charge in [0.1, 0.15) is 19.2 Å². The second-order valence-corrected chi connectivity index (χ2v) is 3.74. The van der Waals surface area contributed by atoms with Crippen molar-refractivity contribution in [3.8, 4) is 0 Å². The average molecular weight is 228 g/mol. The number of hydrogen-bond acceptors (Lipinski definition) is 5. The predicted octanol–water partition coefficient (Wildman–Crippen LogP) is -0.582. The Morgan fingerprint density at radius 3 is 2.62 bits per heavy atom. The third kappa shape index (κ3) is 3.03. The normalized spacial score (nSPS) is 24.9. The summed E-state index contributed by atoms with van der Waals surface area (Å²) in [7, 11) is 0. The summed E-state index contributed by atoms with van der Waals surface area (Å²) in [6.45, 7) is 1.12. The third-order valence-corrected chi connectivity index (χ3v) is 2.66. The molecule has 1 amide bonds. The number of rotatable bonds is 4. The van der Waals surface area contributed by atoms with Crippen LogP contribution in [0.5, 0.6) is 0 Å². The Balaban J connectivity index is 2.49. The van der Waals surface area contributed by atoms with E-state index in [0.717, 1.165) is 12.6 Å². The van der Waals surface area contributed by atoms with Gasteiger partial charge < -0.3 is 25.0 Å². The molecule has 0 aromatic carbocycles. The van der Waals surface area contributed by atoms with Gasteiger partial charge in [-0.2, -0.15) is 0 Å². The van der Waals surface area contributed by atoms with E-state index in [1.807, 2.05) is 0 Å². The first-order chi connectivity index (χ1) is 7.72. The largest absolute Gasteiger partial charge is 0.448 e. The van der Waals surface area contributed by atoms with E-state index >= 15 is 0 Å². The number of ether oxygens (including phenoxy) is 1. The van der Waals surface area contributed by atoms with Crippen molar-refractivity contribution in [2.45, 2.75) is 6.42 Å². The summed E-state index contributed by atoms with van der Waals surface area (Å²) in [6.07, 6.45) is 1.54. The molecule has 0 saturated carbocycles. The van der Waals surface area contributed by atoms with E-state index < -0.39 is 12.0 Å². The minimum absolute atomic E-state index is 0.165. The molecule has 6 heteroatoms. The number of carbonyl (C=O) groups is 3. The van der Waals surface area contributed by atoms with Crippen LogP contribution in [-0.4, -0.2) is 49.8 Å². The van der Waals surface area contributed by atoms with Crippen molar-refractivity contribution in [3.63, 3.8) is 0 Å². The zero-order valence-electron chi connectivity index (χ0n) is 9.00. The first-order valence-corrected chi connectivity index (χ1v) is 5.25. The van der Waals surface area contributed by atoms with Crippen molar-refractivity contribution in [1.82, 2.24) is 4.90 Å². The quantitative estimate of drug-likeness (QED) is 0.650. The molecule has 1 heterocycles. The molecule has 1 fully saturated rings.